The van der Waals surface area contributed by atoms with E-state index in [4.69, 9.17) is 9.47 Å². The fraction of sp³-hybridized carbons (Fsp3) is 0.382. The van der Waals surface area contributed by atoms with Gasteiger partial charge in [0, 0.05) is 11.4 Å². The van der Waals surface area contributed by atoms with Crippen LogP contribution in [0.2, 0.25) is 0 Å². The van der Waals surface area contributed by atoms with Crippen LogP contribution in [0.25, 0.3) is 0 Å². The highest BCUT2D eigenvalue weighted by molar-refractivity contribution is 6.05. The number of fused-ring (bicyclic) bond motifs is 1. The number of nitrogens with zero attached hydrogens (tertiary/aromatic N) is 1. The number of amides is 3. The average Bonchev–Trinajstić information content (AvgIpc) is 3.53. The number of aliphatic hydroxyl groups excluding tert-OH is 1. The fourth-order valence-electron chi connectivity index (χ4n) is 7.53. The lowest BCUT2D eigenvalue weighted by atomic mass is 9.62. The van der Waals surface area contributed by atoms with Crippen molar-refractivity contribution in [2.24, 2.45) is 17.8 Å². The molecule has 3 saturated heterocycles. The molecule has 9 heteroatoms. The molecule has 7 atom stereocenters. The average molecular weight is 584 g/mol. The zero-order valence-electron chi connectivity index (χ0n) is 24.5. The largest absolute Gasteiger partial charge is 0.497 e. The molecule has 1 spiro atoms. The first-order valence-corrected chi connectivity index (χ1v) is 14.7. The van der Waals surface area contributed by atoms with Crippen LogP contribution < -0.4 is 15.4 Å². The number of hydrogen-bond acceptors (Lipinski definition) is 6. The molecule has 0 aromatic heterocycles. The Balaban J connectivity index is 1.41. The third-order valence-electron chi connectivity index (χ3n) is 9.60. The first kappa shape index (κ1) is 28.9. The molecule has 3 aromatic rings. The van der Waals surface area contributed by atoms with Gasteiger partial charge in [0.1, 0.15) is 17.4 Å². The van der Waals surface area contributed by atoms with Crippen molar-refractivity contribution in [3.05, 3.63) is 90.5 Å². The summed E-state index contributed by atoms with van der Waals surface area (Å²) in [6.45, 7) is 3.53. The maximum absolute atomic E-state index is 14.6. The smallest absolute Gasteiger partial charge is 0.250 e. The Labute approximate surface area is 251 Å². The van der Waals surface area contributed by atoms with Crippen LogP contribution in [0, 0.1) is 17.8 Å². The van der Waals surface area contributed by atoms with Gasteiger partial charge in [0.25, 0.3) is 0 Å². The number of carbonyl (C=O) groups is 3. The number of hydrogen-bond donors (Lipinski definition) is 3. The van der Waals surface area contributed by atoms with Crippen molar-refractivity contribution < 1.29 is 29.0 Å². The van der Waals surface area contributed by atoms with Crippen LogP contribution >= 0.6 is 0 Å². The number of nitrogens with one attached hydrogen (secondary N) is 2. The SMILES string of the molecule is COc1ccc(NC(=O)C2N([C@@H](CO)Cc3ccccc3)C(=O)[C@@H]3[C@H](C(=O)Nc4ccccc4)[C@@]4(C)OC23CC4C)cc1. The number of anilines is 2. The Morgan fingerprint density at radius 1 is 0.977 bits per heavy atom. The third-order valence-corrected chi connectivity index (χ3v) is 9.60. The Morgan fingerprint density at radius 3 is 2.21 bits per heavy atom. The van der Waals surface area contributed by atoms with Crippen LogP contribution in [0.4, 0.5) is 11.4 Å². The van der Waals surface area contributed by atoms with E-state index in [1.165, 1.54) is 4.90 Å². The Hall–Kier alpha value is -4.21. The number of carbonyl (C=O) groups excluding carboxylic acids is 3. The van der Waals surface area contributed by atoms with Crippen molar-refractivity contribution in [2.75, 3.05) is 24.4 Å². The highest BCUT2D eigenvalue weighted by Gasteiger charge is 2.80. The van der Waals surface area contributed by atoms with Crippen molar-refractivity contribution in [2.45, 2.75) is 50.0 Å². The van der Waals surface area contributed by atoms with Crippen molar-refractivity contribution >= 4 is 29.1 Å². The van der Waals surface area contributed by atoms with Crippen LogP contribution in [0.15, 0.2) is 84.9 Å². The second kappa shape index (κ2) is 11.1. The number of para-hydroxylation sites is 1. The van der Waals surface area contributed by atoms with Gasteiger partial charge in [-0.15, -0.1) is 0 Å². The predicted octanol–water partition coefficient (Wildman–Crippen LogP) is 3.89. The van der Waals surface area contributed by atoms with Gasteiger partial charge in [-0.2, -0.15) is 0 Å². The molecule has 3 aliphatic rings. The van der Waals surface area contributed by atoms with Crippen LogP contribution in [0.5, 0.6) is 5.75 Å². The summed E-state index contributed by atoms with van der Waals surface area (Å²) in [4.78, 5) is 44.4. The van der Waals surface area contributed by atoms with Crippen molar-refractivity contribution in [1.29, 1.82) is 0 Å². The molecular formula is C34H37N3O6. The third kappa shape index (κ3) is 4.77. The van der Waals surface area contributed by atoms with Gasteiger partial charge in [-0.25, -0.2) is 0 Å². The van der Waals surface area contributed by atoms with E-state index in [0.29, 0.717) is 30.0 Å². The molecule has 224 valence electrons. The molecule has 3 unspecified atom stereocenters. The Bertz CT molecular complexity index is 1500. The van der Waals surface area contributed by atoms with E-state index >= 15 is 0 Å². The summed E-state index contributed by atoms with van der Waals surface area (Å²) in [5.74, 6) is -2.29. The van der Waals surface area contributed by atoms with Crippen LogP contribution in [0.1, 0.15) is 25.8 Å². The molecule has 3 aromatic carbocycles. The van der Waals surface area contributed by atoms with E-state index in [0.717, 1.165) is 5.56 Å². The summed E-state index contributed by atoms with van der Waals surface area (Å²) in [6.07, 6.45) is 0.765. The summed E-state index contributed by atoms with van der Waals surface area (Å²) in [5.41, 5.74) is -0.133. The molecule has 3 amide bonds. The minimum atomic E-state index is -1.25. The lowest BCUT2D eigenvalue weighted by molar-refractivity contribution is -0.147. The van der Waals surface area contributed by atoms with Crippen molar-refractivity contribution in [3.8, 4) is 5.75 Å². The van der Waals surface area contributed by atoms with E-state index in [2.05, 4.69) is 10.6 Å². The first-order chi connectivity index (χ1) is 20.7. The summed E-state index contributed by atoms with van der Waals surface area (Å²) >= 11 is 0. The monoisotopic (exact) mass is 583 g/mol. The molecule has 3 N–H and O–H groups in total. The first-order valence-electron chi connectivity index (χ1n) is 14.7. The molecule has 3 fully saturated rings. The highest BCUT2D eigenvalue weighted by Crippen LogP contribution is 2.65. The lowest BCUT2D eigenvalue weighted by Gasteiger charge is -2.37. The molecule has 43 heavy (non-hydrogen) atoms. The summed E-state index contributed by atoms with van der Waals surface area (Å²) < 4.78 is 12.1. The topological polar surface area (TPSA) is 117 Å². The van der Waals surface area contributed by atoms with Gasteiger partial charge in [-0.1, -0.05) is 55.5 Å². The van der Waals surface area contributed by atoms with E-state index < -0.39 is 41.0 Å². The zero-order chi connectivity index (χ0) is 30.4. The van der Waals surface area contributed by atoms with Gasteiger partial charge in [0.2, 0.25) is 17.7 Å². The number of likely N-dealkylation sites (tertiary alicyclic amines) is 1. The standard InChI is InChI=1S/C34H37N3O6/c1-21-19-34-28(27(33(21,2)43-34)30(39)35-23-12-8-5-9-13-23)32(41)37(25(20-38)18-22-10-6-4-7-11-22)29(34)31(40)36-24-14-16-26(42-3)17-15-24/h4-17,21,25,27-29,38H,18-20H2,1-3H3,(H,35,39)(H,36,40)/t21?,25-,27-,28+,29?,33+,34?/m1/s1. The molecular weight excluding hydrogens is 546 g/mol. The predicted molar refractivity (Wildman–Crippen MR) is 161 cm³/mol. The van der Waals surface area contributed by atoms with E-state index in [1.54, 1.807) is 43.5 Å². The normalized spacial score (nSPS) is 29.7. The molecule has 3 heterocycles. The molecule has 0 radical (unpaired) electrons. The number of methoxy groups -OCH3 is 1. The van der Waals surface area contributed by atoms with Crippen molar-refractivity contribution in [1.82, 2.24) is 4.90 Å². The van der Waals surface area contributed by atoms with Gasteiger partial charge in [0.15, 0.2) is 0 Å². The molecule has 3 aliphatic heterocycles. The second-order valence-corrected chi connectivity index (χ2v) is 12.0. The number of benzene rings is 3. The molecule has 0 aliphatic carbocycles. The van der Waals surface area contributed by atoms with Crippen LogP contribution in [-0.4, -0.2) is 64.7 Å². The summed E-state index contributed by atoms with van der Waals surface area (Å²) in [7, 11) is 1.57. The summed E-state index contributed by atoms with van der Waals surface area (Å²) in [6, 6.07) is 23.8. The molecule has 9 nitrogen and oxygen atoms in total. The molecule has 6 rings (SSSR count). The minimum absolute atomic E-state index is 0.110. The second-order valence-electron chi connectivity index (χ2n) is 12.0. The van der Waals surface area contributed by atoms with E-state index in [9.17, 15) is 19.5 Å². The van der Waals surface area contributed by atoms with E-state index in [-0.39, 0.29) is 24.3 Å². The Morgan fingerprint density at radius 2 is 1.58 bits per heavy atom. The quantitative estimate of drug-likeness (QED) is 0.352. The van der Waals surface area contributed by atoms with Gasteiger partial charge < -0.3 is 30.1 Å². The van der Waals surface area contributed by atoms with Gasteiger partial charge >= 0.3 is 0 Å². The van der Waals surface area contributed by atoms with E-state index in [1.807, 2.05) is 62.4 Å². The lowest BCUT2D eigenvalue weighted by Crippen LogP contribution is -2.57. The maximum atomic E-state index is 14.6. The fourth-order valence-corrected chi connectivity index (χ4v) is 7.53. The molecule has 0 saturated carbocycles. The van der Waals surface area contributed by atoms with Crippen LogP contribution in [-0.2, 0) is 25.5 Å². The minimum Gasteiger partial charge on any atom is -0.497 e. The highest BCUT2D eigenvalue weighted by atomic mass is 16.5. The van der Waals surface area contributed by atoms with Gasteiger partial charge in [-0.3, -0.25) is 14.4 Å². The summed E-state index contributed by atoms with van der Waals surface area (Å²) in [5, 5.41) is 16.6. The number of ether oxygens (including phenoxy) is 2. The maximum Gasteiger partial charge on any atom is 0.250 e. The molecule has 2 bridgehead atoms. The van der Waals surface area contributed by atoms with Gasteiger partial charge in [0.05, 0.1) is 37.2 Å². The van der Waals surface area contributed by atoms with Gasteiger partial charge in [-0.05, 0) is 67.6 Å². The zero-order valence-corrected chi connectivity index (χ0v) is 24.5. The number of aliphatic hydroxyl groups is 1. The van der Waals surface area contributed by atoms with Crippen molar-refractivity contribution in [3.63, 3.8) is 0 Å². The Kier molecular flexibility index (Phi) is 7.48. The van der Waals surface area contributed by atoms with Crippen LogP contribution in [0.3, 0.4) is 0 Å². The number of rotatable bonds is 9.